The Hall–Kier alpha value is -2.32. The van der Waals surface area contributed by atoms with Crippen molar-refractivity contribution in [1.29, 1.82) is 0 Å². The summed E-state index contributed by atoms with van der Waals surface area (Å²) in [5.41, 5.74) is 0.645. The van der Waals surface area contributed by atoms with Gasteiger partial charge in [-0.25, -0.2) is 0 Å². The number of hydrogen-bond acceptors (Lipinski definition) is 5. The minimum absolute atomic E-state index is 0.00220. The molecule has 0 aromatic heterocycles. The summed E-state index contributed by atoms with van der Waals surface area (Å²) in [6, 6.07) is 7.01. The Morgan fingerprint density at radius 3 is 2.54 bits per heavy atom. The SMILES string of the molecule is O=C(O)C1CCN(C(=O)CCN2C(=O)SC(=Cc3ccccc3Cl)C2=O)CC1. The Balaban J connectivity index is 1.57. The number of hydrogen-bond donors (Lipinski definition) is 1. The number of rotatable bonds is 5. The first kappa shape index (κ1) is 20.4. The molecule has 3 amide bonds. The van der Waals surface area contributed by atoms with E-state index >= 15 is 0 Å². The highest BCUT2D eigenvalue weighted by atomic mass is 35.5. The predicted octanol–water partition coefficient (Wildman–Crippen LogP) is 3.09. The minimum Gasteiger partial charge on any atom is -0.481 e. The van der Waals surface area contributed by atoms with Gasteiger partial charge in [-0.3, -0.25) is 24.1 Å². The maximum Gasteiger partial charge on any atom is 0.306 e. The zero-order valence-corrected chi connectivity index (χ0v) is 16.5. The van der Waals surface area contributed by atoms with Crippen molar-refractivity contribution >= 4 is 52.5 Å². The maximum atomic E-state index is 12.5. The lowest BCUT2D eigenvalue weighted by Crippen LogP contribution is -2.42. The van der Waals surface area contributed by atoms with Crippen molar-refractivity contribution in [2.24, 2.45) is 5.92 Å². The van der Waals surface area contributed by atoms with Crippen LogP contribution in [0.1, 0.15) is 24.8 Å². The van der Waals surface area contributed by atoms with Gasteiger partial charge < -0.3 is 10.0 Å². The first-order valence-corrected chi connectivity index (χ1v) is 10.1. The van der Waals surface area contributed by atoms with Gasteiger partial charge in [-0.15, -0.1) is 0 Å². The molecule has 0 atom stereocenters. The van der Waals surface area contributed by atoms with Gasteiger partial charge >= 0.3 is 5.97 Å². The molecule has 1 aromatic carbocycles. The topological polar surface area (TPSA) is 95.0 Å². The van der Waals surface area contributed by atoms with E-state index in [1.807, 2.05) is 0 Å². The summed E-state index contributed by atoms with van der Waals surface area (Å²) in [5, 5.41) is 9.08. The number of amides is 3. The van der Waals surface area contributed by atoms with Crippen LogP contribution in [0.2, 0.25) is 5.02 Å². The molecule has 0 bridgehead atoms. The van der Waals surface area contributed by atoms with E-state index in [0.29, 0.717) is 36.5 Å². The fourth-order valence-electron chi connectivity index (χ4n) is 3.17. The first-order chi connectivity index (χ1) is 13.4. The maximum absolute atomic E-state index is 12.5. The molecule has 9 heteroatoms. The lowest BCUT2D eigenvalue weighted by Gasteiger charge is -2.30. The second-order valence-electron chi connectivity index (χ2n) is 6.60. The largest absolute Gasteiger partial charge is 0.481 e. The summed E-state index contributed by atoms with van der Waals surface area (Å²) in [5.74, 6) is -1.87. The molecule has 7 nitrogen and oxygen atoms in total. The van der Waals surface area contributed by atoms with Crippen molar-refractivity contribution in [3.8, 4) is 0 Å². The third kappa shape index (κ3) is 4.56. The van der Waals surface area contributed by atoms with E-state index < -0.39 is 23.0 Å². The summed E-state index contributed by atoms with van der Waals surface area (Å²) in [6.45, 7) is 0.760. The number of carboxylic acids is 1. The monoisotopic (exact) mass is 422 g/mol. The van der Waals surface area contributed by atoms with Crippen LogP contribution in [0.15, 0.2) is 29.2 Å². The lowest BCUT2D eigenvalue weighted by molar-refractivity contribution is -0.145. The summed E-state index contributed by atoms with van der Waals surface area (Å²) < 4.78 is 0. The smallest absolute Gasteiger partial charge is 0.306 e. The van der Waals surface area contributed by atoms with E-state index in [-0.39, 0.29) is 23.8 Å². The number of imide groups is 1. The number of likely N-dealkylation sites (tertiary alicyclic amines) is 1. The highest BCUT2D eigenvalue weighted by molar-refractivity contribution is 8.18. The Kier molecular flexibility index (Phi) is 6.41. The van der Waals surface area contributed by atoms with E-state index in [9.17, 15) is 19.2 Å². The van der Waals surface area contributed by atoms with Gasteiger partial charge in [0.05, 0.1) is 10.8 Å². The molecule has 0 radical (unpaired) electrons. The van der Waals surface area contributed by atoms with Crippen LogP contribution in [-0.4, -0.2) is 57.6 Å². The van der Waals surface area contributed by atoms with Gasteiger partial charge in [-0.1, -0.05) is 29.8 Å². The second kappa shape index (κ2) is 8.79. The second-order valence-corrected chi connectivity index (χ2v) is 8.00. The molecule has 148 valence electrons. The van der Waals surface area contributed by atoms with Crippen LogP contribution in [0.5, 0.6) is 0 Å². The van der Waals surface area contributed by atoms with Crippen LogP contribution in [0, 0.1) is 5.92 Å². The molecule has 2 fully saturated rings. The van der Waals surface area contributed by atoms with Crippen LogP contribution in [0.3, 0.4) is 0 Å². The summed E-state index contributed by atoms with van der Waals surface area (Å²) in [4.78, 5) is 51.0. The van der Waals surface area contributed by atoms with Crippen LogP contribution in [0.4, 0.5) is 4.79 Å². The lowest BCUT2D eigenvalue weighted by atomic mass is 9.97. The number of carbonyl (C=O) groups excluding carboxylic acids is 3. The van der Waals surface area contributed by atoms with Crippen molar-refractivity contribution in [3.05, 3.63) is 39.8 Å². The average molecular weight is 423 g/mol. The van der Waals surface area contributed by atoms with Crippen molar-refractivity contribution in [1.82, 2.24) is 9.80 Å². The van der Waals surface area contributed by atoms with Crippen molar-refractivity contribution in [2.75, 3.05) is 19.6 Å². The van der Waals surface area contributed by atoms with Crippen LogP contribution >= 0.6 is 23.4 Å². The van der Waals surface area contributed by atoms with Crippen LogP contribution in [0.25, 0.3) is 6.08 Å². The minimum atomic E-state index is -0.838. The molecule has 0 spiro atoms. The van der Waals surface area contributed by atoms with Gasteiger partial charge in [0.15, 0.2) is 0 Å². The number of piperidine rings is 1. The number of carboxylic acid groups (broad SMARTS) is 1. The molecule has 28 heavy (non-hydrogen) atoms. The normalized spacial score (nSPS) is 19.5. The molecule has 1 aromatic rings. The molecule has 2 aliphatic heterocycles. The van der Waals surface area contributed by atoms with Gasteiger partial charge in [0.1, 0.15) is 0 Å². The van der Waals surface area contributed by atoms with Gasteiger partial charge in [0.25, 0.3) is 11.1 Å². The molecule has 3 rings (SSSR count). The highest BCUT2D eigenvalue weighted by Gasteiger charge is 2.36. The number of thioether (sulfide) groups is 1. The zero-order valence-electron chi connectivity index (χ0n) is 15.0. The van der Waals surface area contributed by atoms with Crippen LogP contribution in [-0.2, 0) is 14.4 Å². The molecule has 2 aliphatic rings. The molecule has 2 heterocycles. The Morgan fingerprint density at radius 2 is 1.89 bits per heavy atom. The summed E-state index contributed by atoms with van der Waals surface area (Å²) in [7, 11) is 0. The molecule has 0 aliphatic carbocycles. The molecule has 1 N–H and O–H groups in total. The third-order valence-electron chi connectivity index (χ3n) is 4.81. The van der Waals surface area contributed by atoms with Gasteiger partial charge in [-0.2, -0.15) is 0 Å². The van der Waals surface area contributed by atoms with Gasteiger partial charge in [0, 0.05) is 31.1 Å². The summed E-state index contributed by atoms with van der Waals surface area (Å²) >= 11 is 6.92. The molecular formula is C19H19ClN2O5S. The van der Waals surface area contributed by atoms with Crippen molar-refractivity contribution < 1.29 is 24.3 Å². The quantitative estimate of drug-likeness (QED) is 0.732. The molecular weight excluding hydrogens is 404 g/mol. The molecule has 0 unspecified atom stereocenters. The van der Waals surface area contributed by atoms with Crippen molar-refractivity contribution in [2.45, 2.75) is 19.3 Å². The number of halogens is 1. The molecule has 2 saturated heterocycles. The summed E-state index contributed by atoms with van der Waals surface area (Å²) in [6.07, 6.45) is 2.44. The first-order valence-electron chi connectivity index (χ1n) is 8.87. The van der Waals surface area contributed by atoms with E-state index in [4.69, 9.17) is 16.7 Å². The number of aliphatic carboxylic acids is 1. The van der Waals surface area contributed by atoms with E-state index in [0.717, 1.165) is 16.7 Å². The van der Waals surface area contributed by atoms with Gasteiger partial charge in [-0.05, 0) is 42.3 Å². The Bertz CT molecular complexity index is 848. The van der Waals surface area contributed by atoms with Gasteiger partial charge in [0.2, 0.25) is 5.91 Å². The fourth-order valence-corrected chi connectivity index (χ4v) is 4.21. The number of carbonyl (C=O) groups is 4. The molecule has 0 saturated carbocycles. The number of nitrogens with zero attached hydrogens (tertiary/aromatic N) is 2. The third-order valence-corrected chi connectivity index (χ3v) is 6.06. The number of benzene rings is 1. The fraction of sp³-hybridized carbons (Fsp3) is 0.368. The average Bonchev–Trinajstić information content (AvgIpc) is 2.94. The Morgan fingerprint density at radius 1 is 1.21 bits per heavy atom. The predicted molar refractivity (Wildman–Crippen MR) is 106 cm³/mol. The standard InChI is InChI=1S/C19H19ClN2O5S/c20-14-4-2-1-3-13(14)11-15-17(24)22(19(27)28-15)10-7-16(23)21-8-5-12(6-9-21)18(25)26/h1-4,11-12H,5-10H2,(H,25,26). The van der Waals surface area contributed by atoms with Crippen molar-refractivity contribution in [3.63, 3.8) is 0 Å². The van der Waals surface area contributed by atoms with E-state index in [1.165, 1.54) is 0 Å². The Labute approximate surface area is 171 Å². The zero-order chi connectivity index (χ0) is 20.3. The highest BCUT2D eigenvalue weighted by Crippen LogP contribution is 2.33. The van der Waals surface area contributed by atoms with E-state index in [1.54, 1.807) is 35.2 Å². The van der Waals surface area contributed by atoms with E-state index in [2.05, 4.69) is 0 Å². The van der Waals surface area contributed by atoms with Crippen LogP contribution < -0.4 is 0 Å².